The van der Waals surface area contributed by atoms with Crippen molar-refractivity contribution < 1.29 is 14.3 Å². The van der Waals surface area contributed by atoms with E-state index >= 15 is 0 Å². The molecule has 0 amide bonds. The van der Waals surface area contributed by atoms with Gasteiger partial charge in [-0.25, -0.2) is 9.67 Å². The Hall–Kier alpha value is -2.96. The number of benzene rings is 1. The van der Waals surface area contributed by atoms with E-state index in [4.69, 9.17) is 9.52 Å². The lowest BCUT2D eigenvalue weighted by Gasteiger charge is -1.90. The van der Waals surface area contributed by atoms with Crippen LogP contribution in [0.4, 0.5) is 0 Å². The van der Waals surface area contributed by atoms with Crippen LogP contribution in [0.3, 0.4) is 0 Å². The van der Waals surface area contributed by atoms with Gasteiger partial charge in [0.05, 0.1) is 6.20 Å². The largest absolute Gasteiger partial charge is 0.480 e. The molecule has 0 radical (unpaired) electrons. The predicted molar refractivity (Wildman–Crippen MR) is 70.6 cm³/mol. The summed E-state index contributed by atoms with van der Waals surface area (Å²) in [5, 5.41) is 16.2. The third-order valence-electron chi connectivity index (χ3n) is 2.56. The van der Waals surface area contributed by atoms with Gasteiger partial charge >= 0.3 is 5.97 Å². The summed E-state index contributed by atoms with van der Waals surface area (Å²) in [6.45, 7) is -0.219. The third-order valence-corrected chi connectivity index (χ3v) is 2.56. The van der Waals surface area contributed by atoms with Crippen molar-refractivity contribution in [2.24, 2.45) is 0 Å². The summed E-state index contributed by atoms with van der Waals surface area (Å²) in [4.78, 5) is 14.8. The van der Waals surface area contributed by atoms with Crippen molar-refractivity contribution in [3.8, 4) is 0 Å². The summed E-state index contributed by atoms with van der Waals surface area (Å²) in [7, 11) is 0. The number of fused-ring (bicyclic) bond motifs is 1. The highest BCUT2D eigenvalue weighted by molar-refractivity contribution is 5.75. The summed E-state index contributed by atoms with van der Waals surface area (Å²) in [6, 6.07) is 7.45. The van der Waals surface area contributed by atoms with Crippen LogP contribution < -0.4 is 0 Å². The quantitative estimate of drug-likeness (QED) is 0.775. The van der Waals surface area contributed by atoms with Crippen molar-refractivity contribution in [2.45, 2.75) is 6.54 Å². The van der Waals surface area contributed by atoms with Crippen molar-refractivity contribution in [2.75, 3.05) is 0 Å². The molecule has 100 valence electrons. The minimum absolute atomic E-state index is 0.219. The molecule has 1 aromatic carbocycles. The van der Waals surface area contributed by atoms with Gasteiger partial charge in [-0.3, -0.25) is 4.79 Å². The number of oxazole rings is 1. The van der Waals surface area contributed by atoms with Crippen LogP contribution in [-0.4, -0.2) is 31.1 Å². The Bertz CT molecular complexity index is 755. The van der Waals surface area contributed by atoms with Crippen LogP contribution >= 0.6 is 0 Å². The zero-order valence-corrected chi connectivity index (χ0v) is 10.3. The maximum atomic E-state index is 10.5. The number of nitrogens with zero attached hydrogens (tertiary/aromatic N) is 4. The van der Waals surface area contributed by atoms with Crippen LogP contribution in [0.5, 0.6) is 0 Å². The van der Waals surface area contributed by atoms with Crippen LogP contribution in [0.15, 0.2) is 34.9 Å². The second kappa shape index (κ2) is 4.96. The van der Waals surface area contributed by atoms with Gasteiger partial charge in [0.2, 0.25) is 5.89 Å². The average Bonchev–Trinajstić information content (AvgIpc) is 3.01. The van der Waals surface area contributed by atoms with Crippen molar-refractivity contribution in [3.05, 3.63) is 42.0 Å². The molecular weight excluding hydrogens is 260 g/mol. The number of aliphatic carboxylic acids is 1. The van der Waals surface area contributed by atoms with E-state index in [-0.39, 0.29) is 6.54 Å². The molecule has 0 unspecified atom stereocenters. The van der Waals surface area contributed by atoms with E-state index in [1.54, 1.807) is 12.2 Å². The highest BCUT2D eigenvalue weighted by Crippen LogP contribution is 2.16. The first-order valence-corrected chi connectivity index (χ1v) is 5.86. The minimum atomic E-state index is -0.968. The molecule has 2 heterocycles. The van der Waals surface area contributed by atoms with Gasteiger partial charge in [0, 0.05) is 6.08 Å². The fourth-order valence-corrected chi connectivity index (χ4v) is 1.72. The standard InChI is InChI=1S/C13H10N4O3/c18-13(19)8-17-7-9(15-16-17)5-6-12-14-10-3-1-2-4-11(10)20-12/h1-7H,8H2,(H,18,19)/b6-5+. The first-order chi connectivity index (χ1) is 9.70. The molecule has 0 saturated carbocycles. The summed E-state index contributed by atoms with van der Waals surface area (Å²) in [5.41, 5.74) is 2.02. The molecule has 0 atom stereocenters. The third kappa shape index (κ3) is 2.56. The van der Waals surface area contributed by atoms with E-state index in [0.717, 1.165) is 5.52 Å². The molecule has 0 spiro atoms. The molecule has 0 aliphatic rings. The van der Waals surface area contributed by atoms with Crippen molar-refractivity contribution in [1.29, 1.82) is 0 Å². The summed E-state index contributed by atoms with van der Waals surface area (Å²) in [5.74, 6) is -0.511. The van der Waals surface area contributed by atoms with E-state index in [0.29, 0.717) is 17.2 Å². The van der Waals surface area contributed by atoms with Gasteiger partial charge in [0.1, 0.15) is 17.8 Å². The van der Waals surface area contributed by atoms with E-state index in [1.165, 1.54) is 10.9 Å². The van der Waals surface area contributed by atoms with Crippen LogP contribution in [0.25, 0.3) is 23.3 Å². The predicted octanol–water partition coefficient (Wildman–Crippen LogP) is 1.67. The molecule has 1 N–H and O–H groups in total. The normalized spacial score (nSPS) is 11.4. The number of hydrogen-bond acceptors (Lipinski definition) is 5. The molecule has 0 aliphatic carbocycles. The lowest BCUT2D eigenvalue weighted by molar-refractivity contribution is -0.137. The lowest BCUT2D eigenvalue weighted by atomic mass is 10.3. The zero-order valence-electron chi connectivity index (χ0n) is 10.3. The van der Waals surface area contributed by atoms with Crippen LogP contribution in [0, 0.1) is 0 Å². The van der Waals surface area contributed by atoms with Crippen LogP contribution in [-0.2, 0) is 11.3 Å². The Morgan fingerprint density at radius 2 is 2.20 bits per heavy atom. The number of carboxylic acid groups (broad SMARTS) is 1. The number of carbonyl (C=O) groups is 1. The van der Waals surface area contributed by atoms with Gasteiger partial charge in [-0.2, -0.15) is 0 Å². The molecule has 0 saturated heterocycles. The maximum absolute atomic E-state index is 10.5. The van der Waals surface area contributed by atoms with Gasteiger partial charge in [-0.15, -0.1) is 5.10 Å². The molecule has 0 aliphatic heterocycles. The van der Waals surface area contributed by atoms with E-state index < -0.39 is 5.97 Å². The van der Waals surface area contributed by atoms with Crippen LogP contribution in [0.2, 0.25) is 0 Å². The van der Waals surface area contributed by atoms with Gasteiger partial charge in [-0.05, 0) is 18.2 Å². The van der Waals surface area contributed by atoms with Crippen molar-refractivity contribution in [1.82, 2.24) is 20.0 Å². The Balaban J connectivity index is 1.79. The highest BCUT2D eigenvalue weighted by atomic mass is 16.4. The Morgan fingerprint density at radius 3 is 3.00 bits per heavy atom. The summed E-state index contributed by atoms with van der Waals surface area (Å²) >= 11 is 0. The molecule has 20 heavy (non-hydrogen) atoms. The molecule has 2 aromatic heterocycles. The first kappa shape index (κ1) is 12.1. The van der Waals surface area contributed by atoms with Gasteiger partial charge < -0.3 is 9.52 Å². The average molecular weight is 270 g/mol. The SMILES string of the molecule is O=C(O)Cn1cc(/C=C/c2nc3ccccc3o2)nn1. The molecule has 3 aromatic rings. The van der Waals surface area contributed by atoms with Gasteiger partial charge in [-0.1, -0.05) is 17.3 Å². The van der Waals surface area contributed by atoms with Crippen LogP contribution in [0.1, 0.15) is 11.6 Å². The Labute approximate surface area is 113 Å². The molecule has 0 bridgehead atoms. The van der Waals surface area contributed by atoms with Crippen molar-refractivity contribution >= 4 is 29.2 Å². The molecular formula is C13H10N4O3. The topological polar surface area (TPSA) is 94.0 Å². The van der Waals surface area contributed by atoms with E-state index in [2.05, 4.69) is 15.3 Å². The lowest BCUT2D eigenvalue weighted by Crippen LogP contribution is -2.08. The monoisotopic (exact) mass is 270 g/mol. The number of rotatable bonds is 4. The summed E-state index contributed by atoms with van der Waals surface area (Å²) in [6.07, 6.45) is 4.86. The van der Waals surface area contributed by atoms with Crippen molar-refractivity contribution in [3.63, 3.8) is 0 Å². The smallest absolute Gasteiger partial charge is 0.325 e. The van der Waals surface area contributed by atoms with E-state index in [1.807, 2.05) is 24.3 Å². The minimum Gasteiger partial charge on any atom is -0.480 e. The summed E-state index contributed by atoms with van der Waals surface area (Å²) < 4.78 is 6.76. The van der Waals surface area contributed by atoms with E-state index in [9.17, 15) is 4.79 Å². The Kier molecular flexibility index (Phi) is 3.00. The maximum Gasteiger partial charge on any atom is 0.325 e. The fraction of sp³-hybridized carbons (Fsp3) is 0.0769. The molecule has 3 rings (SSSR count). The molecule has 7 nitrogen and oxygen atoms in total. The second-order valence-corrected chi connectivity index (χ2v) is 4.09. The first-order valence-electron chi connectivity index (χ1n) is 5.86. The second-order valence-electron chi connectivity index (χ2n) is 4.09. The molecule has 0 fully saturated rings. The zero-order chi connectivity index (χ0) is 13.9. The fourth-order valence-electron chi connectivity index (χ4n) is 1.72. The van der Waals surface area contributed by atoms with Gasteiger partial charge in [0.15, 0.2) is 5.58 Å². The highest BCUT2D eigenvalue weighted by Gasteiger charge is 2.04. The number of para-hydroxylation sites is 2. The number of carboxylic acids is 1. The number of aromatic nitrogens is 4. The van der Waals surface area contributed by atoms with Gasteiger partial charge in [0.25, 0.3) is 0 Å². The Morgan fingerprint density at radius 1 is 1.35 bits per heavy atom. The number of hydrogen-bond donors (Lipinski definition) is 1. The molecule has 7 heteroatoms.